The molecular formula is C24H36N4O8S3. The molecule has 0 aliphatic rings. The Morgan fingerprint density at radius 2 is 1.59 bits per heavy atom. The van der Waals surface area contributed by atoms with Gasteiger partial charge in [-0.2, -0.15) is 0 Å². The van der Waals surface area contributed by atoms with E-state index in [4.69, 9.17) is 15.2 Å². The Hall–Kier alpha value is -2.62. The molecule has 0 aromatic heterocycles. The van der Waals surface area contributed by atoms with Gasteiger partial charge in [0.25, 0.3) is 0 Å². The number of rotatable bonds is 16. The number of amides is 4. The molecule has 0 saturated carbocycles. The standard InChI is InChI=1S/C24H36N4O8S3/c1-24(2,3)38-39-37-14-18(22(33)35-4)27-21(32)17(12-29)26-20(31)16(10-11-19(25)30)28-23(34)36-13-15-8-6-5-7-9-15/h5-9,16-18,29H,10-14H2,1-4H3,(H2,25,30)(H,26,31)(H,27,32)(H,28,34)/t16-,17-,18-/m0/s1. The summed E-state index contributed by atoms with van der Waals surface area (Å²) in [4.78, 5) is 61.5. The number of aliphatic hydroxyl groups excluding tert-OH is 1. The third-order valence-corrected chi connectivity index (χ3v) is 9.70. The lowest BCUT2D eigenvalue weighted by Crippen LogP contribution is -2.57. The lowest BCUT2D eigenvalue weighted by molar-refractivity contribution is -0.144. The minimum absolute atomic E-state index is 0.0129. The summed E-state index contributed by atoms with van der Waals surface area (Å²) in [7, 11) is 5.56. The number of nitrogens with one attached hydrogen (secondary N) is 3. The van der Waals surface area contributed by atoms with Crippen molar-refractivity contribution >= 4 is 61.2 Å². The first kappa shape index (κ1) is 34.4. The number of hydrogen-bond donors (Lipinski definition) is 5. The fraction of sp³-hybridized carbons (Fsp3) is 0.542. The van der Waals surface area contributed by atoms with Crippen molar-refractivity contribution < 1.29 is 38.6 Å². The molecule has 0 spiro atoms. The molecule has 39 heavy (non-hydrogen) atoms. The summed E-state index contributed by atoms with van der Waals surface area (Å²) in [5, 5.41) is 16.9. The largest absolute Gasteiger partial charge is 0.467 e. The molecule has 0 bridgehead atoms. The highest BCUT2D eigenvalue weighted by molar-refractivity contribution is 9.09. The average molecular weight is 605 g/mol. The number of aliphatic hydroxyl groups is 1. The number of esters is 1. The van der Waals surface area contributed by atoms with Crippen LogP contribution in [0.25, 0.3) is 0 Å². The maximum absolute atomic E-state index is 12.9. The minimum atomic E-state index is -1.45. The smallest absolute Gasteiger partial charge is 0.408 e. The summed E-state index contributed by atoms with van der Waals surface area (Å²) in [5.41, 5.74) is 5.90. The van der Waals surface area contributed by atoms with Gasteiger partial charge in [0.2, 0.25) is 17.7 Å². The van der Waals surface area contributed by atoms with Crippen molar-refractivity contribution in [3.63, 3.8) is 0 Å². The molecule has 4 amide bonds. The third-order valence-electron chi connectivity index (χ3n) is 4.69. The van der Waals surface area contributed by atoms with Crippen LogP contribution in [0.15, 0.2) is 30.3 Å². The molecule has 15 heteroatoms. The monoisotopic (exact) mass is 604 g/mol. The molecule has 0 heterocycles. The van der Waals surface area contributed by atoms with Gasteiger partial charge in [-0.1, -0.05) is 72.7 Å². The Kier molecular flexibility index (Phi) is 15.8. The maximum Gasteiger partial charge on any atom is 0.408 e. The van der Waals surface area contributed by atoms with Crippen molar-refractivity contribution in [3.05, 3.63) is 35.9 Å². The highest BCUT2D eigenvalue weighted by Gasteiger charge is 2.30. The van der Waals surface area contributed by atoms with Crippen LogP contribution < -0.4 is 21.7 Å². The van der Waals surface area contributed by atoms with Crippen LogP contribution in [0.1, 0.15) is 39.2 Å². The zero-order chi connectivity index (χ0) is 29.4. The number of alkyl carbamates (subject to hydrolysis) is 1. The van der Waals surface area contributed by atoms with Crippen LogP contribution >= 0.6 is 31.4 Å². The summed E-state index contributed by atoms with van der Waals surface area (Å²) in [6, 6.07) is 5.06. The Bertz CT molecular complexity index is 962. The first-order chi connectivity index (χ1) is 18.4. The maximum atomic E-state index is 12.9. The molecular weight excluding hydrogens is 568 g/mol. The van der Waals surface area contributed by atoms with E-state index in [1.165, 1.54) is 27.7 Å². The van der Waals surface area contributed by atoms with Crippen molar-refractivity contribution in [1.29, 1.82) is 0 Å². The van der Waals surface area contributed by atoms with E-state index in [2.05, 4.69) is 16.0 Å². The Balaban J connectivity index is 2.79. The van der Waals surface area contributed by atoms with Gasteiger partial charge < -0.3 is 36.3 Å². The first-order valence-electron chi connectivity index (χ1n) is 11.9. The molecule has 0 aliphatic heterocycles. The molecule has 3 atom stereocenters. The van der Waals surface area contributed by atoms with Gasteiger partial charge in [-0.15, -0.1) is 0 Å². The number of carbonyl (C=O) groups is 5. The number of nitrogens with two attached hydrogens (primary N) is 1. The minimum Gasteiger partial charge on any atom is -0.467 e. The molecule has 0 aliphatic carbocycles. The zero-order valence-electron chi connectivity index (χ0n) is 22.3. The molecule has 12 nitrogen and oxygen atoms in total. The normalized spacial score (nSPS) is 13.4. The summed E-state index contributed by atoms with van der Waals surface area (Å²) >= 11 is 0. The number of methoxy groups -OCH3 is 1. The van der Waals surface area contributed by atoms with Crippen molar-refractivity contribution in [2.45, 2.75) is 63.1 Å². The highest BCUT2D eigenvalue weighted by atomic mass is 33.5. The topological polar surface area (TPSA) is 186 Å². The molecule has 0 radical (unpaired) electrons. The molecule has 1 aromatic carbocycles. The molecule has 218 valence electrons. The highest BCUT2D eigenvalue weighted by Crippen LogP contribution is 2.43. The lowest BCUT2D eigenvalue weighted by atomic mass is 10.1. The molecule has 0 fully saturated rings. The summed E-state index contributed by atoms with van der Waals surface area (Å²) in [5.74, 6) is -2.92. The predicted molar refractivity (Wildman–Crippen MR) is 152 cm³/mol. The summed E-state index contributed by atoms with van der Waals surface area (Å²) in [6.45, 7) is 5.25. The van der Waals surface area contributed by atoms with E-state index < -0.39 is 54.5 Å². The second-order valence-corrected chi connectivity index (χ2v) is 14.1. The number of hydrogen-bond acceptors (Lipinski definition) is 11. The van der Waals surface area contributed by atoms with Gasteiger partial charge in [-0.25, -0.2) is 9.59 Å². The van der Waals surface area contributed by atoms with Crippen LogP contribution in [-0.2, 0) is 35.3 Å². The summed E-state index contributed by atoms with van der Waals surface area (Å²) < 4.78 is 9.87. The SMILES string of the molecule is COC(=O)[C@H](CSSSC(C)(C)C)NC(=O)[C@H](CO)NC(=O)[C@H](CCC(N)=O)NC(=O)OCc1ccccc1. The van der Waals surface area contributed by atoms with Crippen LogP contribution in [-0.4, -0.2) is 77.2 Å². The van der Waals surface area contributed by atoms with E-state index in [0.717, 1.165) is 5.56 Å². The van der Waals surface area contributed by atoms with E-state index >= 15 is 0 Å². The Labute approximate surface area is 239 Å². The Morgan fingerprint density at radius 3 is 2.15 bits per heavy atom. The van der Waals surface area contributed by atoms with Gasteiger partial charge in [0.15, 0.2) is 0 Å². The molecule has 0 unspecified atom stereocenters. The fourth-order valence-electron chi connectivity index (χ4n) is 2.73. The van der Waals surface area contributed by atoms with Gasteiger partial charge in [-0.3, -0.25) is 14.4 Å². The quantitative estimate of drug-likeness (QED) is 0.105. The van der Waals surface area contributed by atoms with E-state index in [-0.39, 0.29) is 29.9 Å². The van der Waals surface area contributed by atoms with Crippen LogP contribution in [0.2, 0.25) is 0 Å². The fourth-order valence-corrected chi connectivity index (χ4v) is 7.50. The predicted octanol–water partition coefficient (Wildman–Crippen LogP) is 1.51. The lowest BCUT2D eigenvalue weighted by Gasteiger charge is -2.23. The average Bonchev–Trinajstić information content (AvgIpc) is 2.89. The van der Waals surface area contributed by atoms with E-state index in [0.29, 0.717) is 0 Å². The van der Waals surface area contributed by atoms with Gasteiger partial charge in [-0.05, 0) is 21.8 Å². The second kappa shape index (κ2) is 17.9. The van der Waals surface area contributed by atoms with Gasteiger partial charge >= 0.3 is 12.1 Å². The van der Waals surface area contributed by atoms with Crippen molar-refractivity contribution in [1.82, 2.24) is 16.0 Å². The van der Waals surface area contributed by atoms with Crippen LogP contribution in [0.3, 0.4) is 0 Å². The van der Waals surface area contributed by atoms with Gasteiger partial charge in [0.1, 0.15) is 24.7 Å². The van der Waals surface area contributed by atoms with Crippen molar-refractivity contribution in [2.75, 3.05) is 19.5 Å². The van der Waals surface area contributed by atoms with E-state index in [1.54, 1.807) is 41.1 Å². The van der Waals surface area contributed by atoms with Crippen LogP contribution in [0, 0.1) is 0 Å². The molecule has 1 aromatic rings. The van der Waals surface area contributed by atoms with Gasteiger partial charge in [0.05, 0.1) is 13.7 Å². The van der Waals surface area contributed by atoms with E-state index in [9.17, 15) is 29.1 Å². The molecule has 0 saturated heterocycles. The molecule has 6 N–H and O–H groups in total. The van der Waals surface area contributed by atoms with Crippen molar-refractivity contribution in [2.24, 2.45) is 5.73 Å². The third kappa shape index (κ3) is 14.9. The van der Waals surface area contributed by atoms with Crippen LogP contribution in [0.5, 0.6) is 0 Å². The summed E-state index contributed by atoms with van der Waals surface area (Å²) in [6.07, 6.45) is -1.34. The number of benzene rings is 1. The first-order valence-corrected chi connectivity index (χ1v) is 15.5. The number of primary amides is 1. The van der Waals surface area contributed by atoms with E-state index in [1.807, 2.05) is 20.8 Å². The number of ether oxygens (including phenoxy) is 2. The van der Waals surface area contributed by atoms with Gasteiger partial charge in [0, 0.05) is 16.9 Å². The Morgan fingerprint density at radius 1 is 0.974 bits per heavy atom. The van der Waals surface area contributed by atoms with Crippen molar-refractivity contribution in [3.8, 4) is 0 Å². The molecule has 1 rings (SSSR count). The van der Waals surface area contributed by atoms with Crippen LogP contribution in [0.4, 0.5) is 4.79 Å². The number of carbonyl (C=O) groups excluding carboxylic acids is 5. The second-order valence-electron chi connectivity index (χ2n) is 9.14. The zero-order valence-corrected chi connectivity index (χ0v) is 24.7.